The number of nitrogens with one attached hydrogen (secondary N) is 2. The second-order valence-corrected chi connectivity index (χ2v) is 5.22. The number of hydrogen-bond donors (Lipinski definition) is 3. The minimum Gasteiger partial charge on any atom is -0.455 e. The van der Waals surface area contributed by atoms with Crippen molar-refractivity contribution in [3.8, 4) is 0 Å². The molecule has 114 valence electrons. The first-order valence-electron chi connectivity index (χ1n) is 7.22. The molecule has 22 heavy (non-hydrogen) atoms. The Kier molecular flexibility index (Phi) is 3.93. The molecule has 0 fully saturated rings. The first-order valence-corrected chi connectivity index (χ1v) is 7.22. The largest absolute Gasteiger partial charge is 0.455 e. The summed E-state index contributed by atoms with van der Waals surface area (Å²) in [5.41, 5.74) is 8.70. The zero-order chi connectivity index (χ0) is 15.5. The molecule has 4 N–H and O–H groups in total. The van der Waals surface area contributed by atoms with Gasteiger partial charge in [-0.05, 0) is 31.9 Å². The van der Waals surface area contributed by atoms with Gasteiger partial charge in [-0.15, -0.1) is 0 Å². The summed E-state index contributed by atoms with van der Waals surface area (Å²) < 4.78 is 5.67. The van der Waals surface area contributed by atoms with Gasteiger partial charge in [-0.25, -0.2) is 5.84 Å². The third kappa shape index (κ3) is 2.60. The molecular formula is C16H18N4O2. The van der Waals surface area contributed by atoms with Crippen molar-refractivity contribution < 1.29 is 9.21 Å². The average molecular weight is 298 g/mol. The predicted molar refractivity (Wildman–Crippen MR) is 84.6 cm³/mol. The van der Waals surface area contributed by atoms with Gasteiger partial charge in [0.2, 0.25) is 0 Å². The van der Waals surface area contributed by atoms with Gasteiger partial charge in [-0.3, -0.25) is 15.6 Å². The highest BCUT2D eigenvalue weighted by atomic mass is 16.4. The molecule has 1 heterocycles. The lowest BCUT2D eigenvalue weighted by molar-refractivity contribution is 0.0923. The van der Waals surface area contributed by atoms with E-state index < -0.39 is 5.91 Å². The number of benzene rings is 1. The monoisotopic (exact) mass is 298 g/mol. The van der Waals surface area contributed by atoms with Crippen LogP contribution in [-0.2, 0) is 6.42 Å². The summed E-state index contributed by atoms with van der Waals surface area (Å²) in [5.74, 6) is 5.85. The summed E-state index contributed by atoms with van der Waals surface area (Å²) in [6.45, 7) is 1.86. The lowest BCUT2D eigenvalue weighted by Crippen LogP contribution is -2.30. The Balaban J connectivity index is 1.94. The van der Waals surface area contributed by atoms with Crippen LogP contribution in [0.15, 0.2) is 39.9 Å². The molecule has 0 unspecified atom stereocenters. The Labute approximate surface area is 128 Å². The molecule has 6 heteroatoms. The molecule has 0 aliphatic heterocycles. The van der Waals surface area contributed by atoms with Gasteiger partial charge in [0.1, 0.15) is 5.76 Å². The number of anilines is 1. The van der Waals surface area contributed by atoms with E-state index in [0.29, 0.717) is 0 Å². The first-order chi connectivity index (χ1) is 10.7. The fourth-order valence-corrected chi connectivity index (χ4v) is 2.71. The Bertz CT molecular complexity index is 719. The van der Waals surface area contributed by atoms with Gasteiger partial charge in [0, 0.05) is 17.5 Å². The number of fused-ring (bicyclic) bond motifs is 1. The first kappa shape index (κ1) is 14.3. The van der Waals surface area contributed by atoms with Crippen LogP contribution in [0.1, 0.15) is 40.3 Å². The molecule has 1 aromatic heterocycles. The number of hydrazone groups is 1. The molecule has 0 saturated heterocycles. The highest BCUT2D eigenvalue weighted by Crippen LogP contribution is 2.30. The van der Waals surface area contributed by atoms with E-state index in [1.807, 2.05) is 37.3 Å². The molecule has 1 amide bonds. The summed E-state index contributed by atoms with van der Waals surface area (Å²) in [6.07, 6.45) is 2.59. The minimum atomic E-state index is -0.415. The van der Waals surface area contributed by atoms with E-state index in [0.717, 1.165) is 47.5 Å². The summed E-state index contributed by atoms with van der Waals surface area (Å²) in [5, 5.41) is 4.50. The number of hydrogen-bond acceptors (Lipinski definition) is 5. The molecular weight excluding hydrogens is 280 g/mol. The second kappa shape index (κ2) is 6.03. The van der Waals surface area contributed by atoms with E-state index in [9.17, 15) is 4.79 Å². The van der Waals surface area contributed by atoms with E-state index >= 15 is 0 Å². The molecule has 0 atom stereocenters. The molecule has 6 nitrogen and oxygen atoms in total. The van der Waals surface area contributed by atoms with Crippen LogP contribution in [0.3, 0.4) is 0 Å². The van der Waals surface area contributed by atoms with Gasteiger partial charge < -0.3 is 4.42 Å². The lowest BCUT2D eigenvalue weighted by Gasteiger charge is -2.13. The van der Waals surface area contributed by atoms with Crippen LogP contribution >= 0.6 is 0 Å². The van der Waals surface area contributed by atoms with Crippen molar-refractivity contribution in [3.05, 3.63) is 53.0 Å². The summed E-state index contributed by atoms with van der Waals surface area (Å²) >= 11 is 0. The topological polar surface area (TPSA) is 92.7 Å². The number of hydrazine groups is 1. The number of nitrogens with zero attached hydrogens (tertiary/aromatic N) is 1. The Hall–Kier alpha value is -2.60. The normalized spacial score (nSPS) is 15.5. The SMILES string of the molecule is Cc1c(C(=O)NN)oc2c1/C(=N/Nc1ccccc1)CCC2. The van der Waals surface area contributed by atoms with Gasteiger partial charge in [-0.1, -0.05) is 18.2 Å². The van der Waals surface area contributed by atoms with Crippen LogP contribution in [0.25, 0.3) is 0 Å². The van der Waals surface area contributed by atoms with Gasteiger partial charge in [0.05, 0.1) is 11.4 Å². The second-order valence-electron chi connectivity index (χ2n) is 5.22. The van der Waals surface area contributed by atoms with Crippen LogP contribution in [0.5, 0.6) is 0 Å². The zero-order valence-corrected chi connectivity index (χ0v) is 12.3. The number of carbonyl (C=O) groups excluding carboxylic acids is 1. The lowest BCUT2D eigenvalue weighted by atomic mass is 9.93. The van der Waals surface area contributed by atoms with Crippen molar-refractivity contribution in [3.63, 3.8) is 0 Å². The highest BCUT2D eigenvalue weighted by molar-refractivity contribution is 6.06. The smallest absolute Gasteiger partial charge is 0.301 e. The van der Waals surface area contributed by atoms with Crippen molar-refractivity contribution in [1.82, 2.24) is 5.43 Å². The summed E-state index contributed by atoms with van der Waals surface area (Å²) in [6, 6.07) is 9.74. The fraction of sp³-hybridized carbons (Fsp3) is 0.250. The number of furan rings is 1. The van der Waals surface area contributed by atoms with Gasteiger partial charge in [-0.2, -0.15) is 5.10 Å². The molecule has 0 spiro atoms. The van der Waals surface area contributed by atoms with Crippen molar-refractivity contribution in [2.24, 2.45) is 10.9 Å². The zero-order valence-electron chi connectivity index (χ0n) is 12.3. The maximum Gasteiger partial charge on any atom is 0.301 e. The van der Waals surface area contributed by atoms with Crippen LogP contribution in [0.2, 0.25) is 0 Å². The van der Waals surface area contributed by atoms with E-state index in [1.54, 1.807) is 0 Å². The van der Waals surface area contributed by atoms with Crippen LogP contribution < -0.4 is 16.7 Å². The van der Waals surface area contributed by atoms with Crippen molar-refractivity contribution in [1.29, 1.82) is 0 Å². The number of amides is 1. The van der Waals surface area contributed by atoms with Gasteiger partial charge >= 0.3 is 5.91 Å². The van der Waals surface area contributed by atoms with E-state index in [2.05, 4.69) is 16.0 Å². The third-order valence-corrected chi connectivity index (χ3v) is 3.76. The van der Waals surface area contributed by atoms with Gasteiger partial charge in [0.15, 0.2) is 5.76 Å². The molecule has 0 saturated carbocycles. The molecule has 0 radical (unpaired) electrons. The Morgan fingerprint density at radius 1 is 1.27 bits per heavy atom. The van der Waals surface area contributed by atoms with Crippen molar-refractivity contribution in [2.45, 2.75) is 26.2 Å². The number of nitrogen functional groups attached to an aromatic ring is 1. The quantitative estimate of drug-likeness (QED) is 0.460. The molecule has 1 aromatic carbocycles. The van der Waals surface area contributed by atoms with E-state index in [1.165, 1.54) is 0 Å². The Morgan fingerprint density at radius 3 is 2.77 bits per heavy atom. The number of nitrogens with two attached hydrogens (primary N) is 1. The Morgan fingerprint density at radius 2 is 2.05 bits per heavy atom. The predicted octanol–water partition coefficient (Wildman–Crippen LogP) is 2.34. The highest BCUT2D eigenvalue weighted by Gasteiger charge is 2.27. The molecule has 0 bridgehead atoms. The van der Waals surface area contributed by atoms with Crippen LogP contribution in [0.4, 0.5) is 5.69 Å². The average Bonchev–Trinajstić information content (AvgIpc) is 2.91. The number of aryl methyl sites for hydroxylation is 1. The number of para-hydroxylation sites is 1. The molecule has 1 aliphatic carbocycles. The maximum absolute atomic E-state index is 11.8. The van der Waals surface area contributed by atoms with E-state index in [-0.39, 0.29) is 5.76 Å². The minimum absolute atomic E-state index is 0.266. The standard InChI is InChI=1S/C16H18N4O2/c1-10-14-12(20-19-11-6-3-2-4-7-11)8-5-9-13(14)22-15(10)16(21)18-17/h2-4,6-7,19H,5,8-9,17H2,1H3,(H,18,21)/b20-12+. The van der Waals surface area contributed by atoms with Crippen LogP contribution in [-0.4, -0.2) is 11.6 Å². The number of carbonyl (C=O) groups is 1. The summed E-state index contributed by atoms with van der Waals surface area (Å²) in [4.78, 5) is 11.8. The van der Waals surface area contributed by atoms with Crippen molar-refractivity contribution in [2.75, 3.05) is 5.43 Å². The maximum atomic E-state index is 11.8. The van der Waals surface area contributed by atoms with E-state index in [4.69, 9.17) is 10.3 Å². The molecule has 1 aliphatic rings. The molecule has 3 rings (SSSR count). The van der Waals surface area contributed by atoms with Crippen molar-refractivity contribution >= 4 is 17.3 Å². The summed E-state index contributed by atoms with van der Waals surface area (Å²) in [7, 11) is 0. The van der Waals surface area contributed by atoms with Gasteiger partial charge in [0.25, 0.3) is 0 Å². The number of rotatable bonds is 3. The third-order valence-electron chi connectivity index (χ3n) is 3.76. The van der Waals surface area contributed by atoms with Crippen LogP contribution in [0, 0.1) is 6.92 Å². The fourth-order valence-electron chi connectivity index (χ4n) is 2.71. The molecule has 2 aromatic rings.